The number of fused-ring (bicyclic) bond motifs is 1. The maximum Gasteiger partial charge on any atom is 0.255 e. The van der Waals surface area contributed by atoms with Crippen LogP contribution in [-0.4, -0.2) is 81.1 Å². The van der Waals surface area contributed by atoms with Crippen LogP contribution in [0.3, 0.4) is 0 Å². The van der Waals surface area contributed by atoms with E-state index in [4.69, 9.17) is 0 Å². The minimum absolute atomic E-state index is 0.111. The number of nitrogens with zero attached hydrogens (tertiary/aromatic N) is 7. The second-order valence-electron chi connectivity index (χ2n) is 8.63. The van der Waals surface area contributed by atoms with E-state index in [0.29, 0.717) is 11.5 Å². The number of piperazine rings is 1. The number of piperidine rings is 1. The van der Waals surface area contributed by atoms with Crippen LogP contribution in [0.1, 0.15) is 29.0 Å². The van der Waals surface area contributed by atoms with E-state index in [9.17, 15) is 4.79 Å². The van der Waals surface area contributed by atoms with Gasteiger partial charge < -0.3 is 9.80 Å². The molecule has 0 saturated carbocycles. The molecule has 2 saturated heterocycles. The predicted octanol–water partition coefficient (Wildman–Crippen LogP) is 2.11. The molecule has 0 unspecified atom stereocenters. The molecule has 2 aliphatic rings. The van der Waals surface area contributed by atoms with E-state index in [1.54, 1.807) is 0 Å². The summed E-state index contributed by atoms with van der Waals surface area (Å²) < 4.78 is 1.88. The summed E-state index contributed by atoms with van der Waals surface area (Å²) in [5.74, 6) is 2.50. The van der Waals surface area contributed by atoms with Gasteiger partial charge in [-0.15, -0.1) is 10.2 Å². The van der Waals surface area contributed by atoms with Crippen molar-refractivity contribution >= 4 is 17.4 Å². The van der Waals surface area contributed by atoms with Gasteiger partial charge in [-0.25, -0.2) is 4.98 Å². The van der Waals surface area contributed by atoms with Crippen LogP contribution < -0.4 is 4.90 Å². The summed E-state index contributed by atoms with van der Waals surface area (Å²) >= 11 is 0. The first-order valence-electron chi connectivity index (χ1n) is 11.2. The number of aromatic nitrogens is 4. The number of likely N-dealkylation sites (tertiary alicyclic amines) is 1. The van der Waals surface area contributed by atoms with Gasteiger partial charge in [-0.2, -0.15) is 0 Å². The number of hydrogen-bond acceptors (Lipinski definition) is 6. The van der Waals surface area contributed by atoms with Crippen LogP contribution >= 0.6 is 0 Å². The molecule has 8 heteroatoms. The fourth-order valence-electron chi connectivity index (χ4n) is 4.78. The van der Waals surface area contributed by atoms with Gasteiger partial charge in [-0.05, 0) is 49.9 Å². The van der Waals surface area contributed by atoms with E-state index in [0.717, 1.165) is 69.5 Å². The first kappa shape index (κ1) is 19.9. The summed E-state index contributed by atoms with van der Waals surface area (Å²) in [5, 5.41) is 8.19. The van der Waals surface area contributed by atoms with Crippen LogP contribution in [0.5, 0.6) is 0 Å². The van der Waals surface area contributed by atoms with Crippen molar-refractivity contribution < 1.29 is 4.79 Å². The summed E-state index contributed by atoms with van der Waals surface area (Å²) in [6.45, 7) is 8.73. The number of pyridine rings is 2. The van der Waals surface area contributed by atoms with Gasteiger partial charge in [0.2, 0.25) is 0 Å². The topological polar surface area (TPSA) is 69.9 Å². The molecule has 3 aromatic rings. The summed E-state index contributed by atoms with van der Waals surface area (Å²) in [4.78, 5) is 24.6. The Morgan fingerprint density at radius 2 is 1.94 bits per heavy atom. The molecule has 0 N–H and O–H groups in total. The largest absolute Gasteiger partial charge is 0.354 e. The van der Waals surface area contributed by atoms with Crippen LogP contribution in [-0.2, 0) is 0 Å². The lowest BCUT2D eigenvalue weighted by Crippen LogP contribution is -2.50. The predicted molar refractivity (Wildman–Crippen MR) is 119 cm³/mol. The number of rotatable bonds is 4. The number of anilines is 1. The molecule has 162 valence electrons. The fraction of sp³-hybridized carbons (Fsp3) is 0.478. The van der Waals surface area contributed by atoms with Crippen molar-refractivity contribution in [1.82, 2.24) is 29.4 Å². The number of aryl methyl sites for hydroxylation is 1. The van der Waals surface area contributed by atoms with Crippen LogP contribution in [0.4, 0.5) is 5.82 Å². The first-order valence-corrected chi connectivity index (χ1v) is 11.2. The molecule has 3 aromatic heterocycles. The summed E-state index contributed by atoms with van der Waals surface area (Å²) in [6.07, 6.45) is 5.98. The molecule has 0 aromatic carbocycles. The number of hydrogen-bond donors (Lipinski definition) is 0. The highest BCUT2D eigenvalue weighted by Crippen LogP contribution is 2.21. The van der Waals surface area contributed by atoms with E-state index in [1.807, 2.05) is 52.9 Å². The molecule has 1 amide bonds. The zero-order chi connectivity index (χ0) is 21.2. The molecule has 2 aliphatic heterocycles. The average Bonchev–Trinajstić information content (AvgIpc) is 3.20. The van der Waals surface area contributed by atoms with Crippen molar-refractivity contribution in [1.29, 1.82) is 0 Å². The van der Waals surface area contributed by atoms with Gasteiger partial charge in [0, 0.05) is 58.2 Å². The van der Waals surface area contributed by atoms with Gasteiger partial charge in [-0.3, -0.25) is 14.1 Å². The highest BCUT2D eigenvalue weighted by Gasteiger charge is 2.27. The van der Waals surface area contributed by atoms with E-state index in [-0.39, 0.29) is 5.91 Å². The van der Waals surface area contributed by atoms with Crippen molar-refractivity contribution in [3.8, 4) is 0 Å². The van der Waals surface area contributed by atoms with Crippen LogP contribution in [0.2, 0.25) is 0 Å². The second kappa shape index (κ2) is 8.63. The molecule has 0 radical (unpaired) electrons. The van der Waals surface area contributed by atoms with E-state index in [2.05, 4.69) is 31.0 Å². The summed E-state index contributed by atoms with van der Waals surface area (Å²) in [7, 11) is 0. The Bertz CT molecular complexity index is 1040. The Morgan fingerprint density at radius 1 is 1.06 bits per heavy atom. The highest BCUT2D eigenvalue weighted by atomic mass is 16.2. The number of carbonyl (C=O) groups excluding carboxylic acids is 1. The quantitative estimate of drug-likeness (QED) is 0.645. The summed E-state index contributed by atoms with van der Waals surface area (Å²) in [6, 6.07) is 9.83. The lowest BCUT2D eigenvalue weighted by molar-refractivity contribution is 0.0636. The molecular formula is C23H29N7O. The molecule has 1 atom stereocenters. The number of amides is 1. The van der Waals surface area contributed by atoms with E-state index < -0.39 is 0 Å². The molecule has 0 bridgehead atoms. The number of carbonyl (C=O) groups is 1. The molecule has 0 aliphatic carbocycles. The van der Waals surface area contributed by atoms with Gasteiger partial charge >= 0.3 is 0 Å². The smallest absolute Gasteiger partial charge is 0.255 e. The minimum Gasteiger partial charge on any atom is -0.354 e. The second-order valence-corrected chi connectivity index (χ2v) is 8.63. The van der Waals surface area contributed by atoms with Crippen molar-refractivity contribution in [3.63, 3.8) is 0 Å². The van der Waals surface area contributed by atoms with Gasteiger partial charge in [0.1, 0.15) is 11.6 Å². The average molecular weight is 420 g/mol. The lowest BCUT2D eigenvalue weighted by atomic mass is 9.96. The third-order valence-electron chi connectivity index (χ3n) is 6.49. The van der Waals surface area contributed by atoms with Crippen LogP contribution in [0.15, 0.2) is 42.7 Å². The fourth-order valence-corrected chi connectivity index (χ4v) is 4.78. The van der Waals surface area contributed by atoms with Gasteiger partial charge in [0.15, 0.2) is 5.65 Å². The molecular weight excluding hydrogens is 390 g/mol. The maximum atomic E-state index is 13.2. The Hall–Kier alpha value is -3.00. The SMILES string of the molecule is Cc1nnc2ccc(C(=O)N3CCC[C@@H](CN4CCN(c5ccccn5)CC4)C3)cn12. The molecule has 0 spiro atoms. The first-order chi connectivity index (χ1) is 15.2. The minimum atomic E-state index is 0.111. The van der Waals surface area contributed by atoms with Gasteiger partial charge in [-0.1, -0.05) is 6.07 Å². The van der Waals surface area contributed by atoms with Crippen molar-refractivity contribution in [2.75, 3.05) is 50.7 Å². The van der Waals surface area contributed by atoms with Crippen LogP contribution in [0.25, 0.3) is 5.65 Å². The van der Waals surface area contributed by atoms with Gasteiger partial charge in [0.25, 0.3) is 5.91 Å². The van der Waals surface area contributed by atoms with E-state index in [1.165, 1.54) is 6.42 Å². The molecule has 5 rings (SSSR count). The zero-order valence-electron chi connectivity index (χ0n) is 18.0. The highest BCUT2D eigenvalue weighted by molar-refractivity contribution is 5.94. The monoisotopic (exact) mass is 419 g/mol. The summed E-state index contributed by atoms with van der Waals surface area (Å²) in [5.41, 5.74) is 1.48. The standard InChI is InChI=1S/C23H29N7O/c1-18-25-26-22-8-7-20(17-30(18)22)23(31)29-10-4-5-19(16-29)15-27-11-13-28(14-12-27)21-6-2-3-9-24-21/h2-3,6-9,17,19H,4-5,10-16H2,1H3/t19-/m0/s1. The molecule has 5 heterocycles. The Balaban J connectivity index is 1.18. The zero-order valence-corrected chi connectivity index (χ0v) is 18.0. The third kappa shape index (κ3) is 4.25. The molecule has 31 heavy (non-hydrogen) atoms. The maximum absolute atomic E-state index is 13.2. The van der Waals surface area contributed by atoms with Crippen molar-refractivity contribution in [3.05, 3.63) is 54.1 Å². The van der Waals surface area contributed by atoms with Crippen molar-refractivity contribution in [2.45, 2.75) is 19.8 Å². The van der Waals surface area contributed by atoms with Crippen LogP contribution in [0, 0.1) is 12.8 Å². The van der Waals surface area contributed by atoms with Gasteiger partial charge in [0.05, 0.1) is 5.56 Å². The normalized spacial score (nSPS) is 20.4. The molecule has 8 nitrogen and oxygen atoms in total. The third-order valence-corrected chi connectivity index (χ3v) is 6.49. The van der Waals surface area contributed by atoms with Crippen molar-refractivity contribution in [2.24, 2.45) is 5.92 Å². The van der Waals surface area contributed by atoms with E-state index >= 15 is 0 Å². The Kier molecular flexibility index (Phi) is 5.55. The Labute approximate surface area is 182 Å². The molecule has 2 fully saturated rings. The lowest BCUT2D eigenvalue weighted by Gasteiger charge is -2.39. The Morgan fingerprint density at radius 3 is 2.74 bits per heavy atom.